The number of amides is 2. The van der Waals surface area contributed by atoms with Gasteiger partial charge in [-0.1, -0.05) is 12.1 Å². The average molecular weight is 423 g/mol. The van der Waals surface area contributed by atoms with Crippen LogP contribution in [0.4, 0.5) is 9.18 Å². The Balaban J connectivity index is 1.80. The highest BCUT2D eigenvalue weighted by Crippen LogP contribution is 2.33. The molecule has 0 saturated carbocycles. The number of carbonyl (C=O) groups is 1. The van der Waals surface area contributed by atoms with Gasteiger partial charge in [-0.3, -0.25) is 0 Å². The summed E-state index contributed by atoms with van der Waals surface area (Å²) in [5.41, 5.74) is 0.642. The summed E-state index contributed by atoms with van der Waals surface area (Å²) in [6, 6.07) is 5.25. The zero-order valence-corrected chi connectivity index (χ0v) is 18.0. The van der Waals surface area contributed by atoms with Crippen LogP contribution in [0.15, 0.2) is 34.2 Å². The van der Waals surface area contributed by atoms with E-state index in [-0.39, 0.29) is 16.5 Å². The van der Waals surface area contributed by atoms with Gasteiger partial charge in [-0.25, -0.2) is 9.18 Å². The molecular formula is C20H27FN4O3S. The molecule has 9 heteroatoms. The fraction of sp³-hybridized carbons (Fsp3) is 0.500. The van der Waals surface area contributed by atoms with Crippen LogP contribution in [0, 0.1) is 5.82 Å². The number of amidine groups is 1. The molecule has 2 aliphatic rings. The molecule has 29 heavy (non-hydrogen) atoms. The van der Waals surface area contributed by atoms with Crippen molar-refractivity contribution in [2.24, 2.45) is 4.40 Å². The normalized spacial score (nSPS) is 19.8. The van der Waals surface area contributed by atoms with Crippen molar-refractivity contribution in [3.8, 4) is 0 Å². The summed E-state index contributed by atoms with van der Waals surface area (Å²) in [5.74, 6) is -0.0212. The lowest BCUT2D eigenvalue weighted by atomic mass is 10.1. The van der Waals surface area contributed by atoms with Crippen molar-refractivity contribution < 1.29 is 17.6 Å². The summed E-state index contributed by atoms with van der Waals surface area (Å²) in [5, 5.41) is 2.96. The van der Waals surface area contributed by atoms with E-state index in [1.165, 1.54) is 24.3 Å². The van der Waals surface area contributed by atoms with E-state index in [4.69, 9.17) is 0 Å². The number of nitrogens with one attached hydrogen (secondary N) is 1. The van der Waals surface area contributed by atoms with Gasteiger partial charge < -0.3 is 15.1 Å². The first-order valence-corrected chi connectivity index (χ1v) is 11.1. The minimum absolute atomic E-state index is 0.110. The molecule has 1 fully saturated rings. The summed E-state index contributed by atoms with van der Waals surface area (Å²) in [7, 11) is -3.86. The van der Waals surface area contributed by atoms with Crippen LogP contribution in [0.3, 0.4) is 0 Å². The molecule has 1 saturated heterocycles. The minimum atomic E-state index is -3.86. The Hall–Kier alpha value is -2.42. The van der Waals surface area contributed by atoms with E-state index in [0.717, 1.165) is 0 Å². The molecule has 2 heterocycles. The molecule has 2 aliphatic heterocycles. The highest BCUT2D eigenvalue weighted by Gasteiger charge is 2.34. The Morgan fingerprint density at radius 3 is 2.38 bits per heavy atom. The molecule has 7 nitrogen and oxygen atoms in total. The number of hydrogen-bond donors (Lipinski definition) is 1. The third kappa shape index (κ3) is 4.77. The molecule has 0 aromatic heterocycles. The van der Waals surface area contributed by atoms with E-state index in [1.54, 1.807) is 11.8 Å². The van der Waals surface area contributed by atoms with Crippen LogP contribution >= 0.6 is 0 Å². The van der Waals surface area contributed by atoms with E-state index in [1.807, 2.05) is 25.7 Å². The molecule has 3 rings (SSSR count). The predicted molar refractivity (Wildman–Crippen MR) is 111 cm³/mol. The number of sulfonamides is 1. The lowest BCUT2D eigenvalue weighted by Crippen LogP contribution is -2.49. The molecule has 0 aliphatic carbocycles. The maximum absolute atomic E-state index is 13.2. The molecule has 1 aromatic rings. The number of rotatable bonds is 1. The second-order valence-electron chi connectivity index (χ2n) is 8.36. The number of urea groups is 1. The maximum atomic E-state index is 13.2. The van der Waals surface area contributed by atoms with Crippen LogP contribution in [-0.4, -0.2) is 61.8 Å². The Morgan fingerprint density at radius 2 is 1.76 bits per heavy atom. The molecule has 0 spiro atoms. The number of carbonyl (C=O) groups excluding carboxylic acids is 1. The topological polar surface area (TPSA) is 82.1 Å². The highest BCUT2D eigenvalue weighted by atomic mass is 32.2. The molecule has 1 N–H and O–H groups in total. The lowest BCUT2D eigenvalue weighted by molar-refractivity contribution is 0.191. The summed E-state index contributed by atoms with van der Waals surface area (Å²) in [6.07, 6.45) is 0.704. The summed E-state index contributed by atoms with van der Waals surface area (Å²) < 4.78 is 42.6. The van der Waals surface area contributed by atoms with Crippen molar-refractivity contribution in [2.45, 2.75) is 39.7 Å². The molecule has 0 radical (unpaired) electrons. The van der Waals surface area contributed by atoms with Gasteiger partial charge >= 0.3 is 6.03 Å². The van der Waals surface area contributed by atoms with Crippen molar-refractivity contribution in [3.05, 3.63) is 41.2 Å². The molecule has 2 amide bonds. The molecule has 1 aromatic carbocycles. The van der Waals surface area contributed by atoms with Crippen molar-refractivity contribution >= 4 is 26.8 Å². The van der Waals surface area contributed by atoms with Gasteiger partial charge in [-0.2, -0.15) is 8.42 Å². The smallest absolute Gasteiger partial charge is 0.317 e. The summed E-state index contributed by atoms with van der Waals surface area (Å²) >= 11 is 0. The van der Waals surface area contributed by atoms with E-state index in [9.17, 15) is 17.6 Å². The van der Waals surface area contributed by atoms with E-state index in [2.05, 4.69) is 9.71 Å². The van der Waals surface area contributed by atoms with E-state index in [0.29, 0.717) is 49.6 Å². The van der Waals surface area contributed by atoms with Crippen molar-refractivity contribution in [2.75, 3.05) is 26.2 Å². The van der Waals surface area contributed by atoms with Gasteiger partial charge in [-0.15, -0.1) is 4.40 Å². The van der Waals surface area contributed by atoms with Crippen LogP contribution < -0.4 is 5.32 Å². The van der Waals surface area contributed by atoms with Crippen LogP contribution in [-0.2, 0) is 10.0 Å². The average Bonchev–Trinajstić information content (AvgIpc) is 2.78. The second-order valence-corrected chi connectivity index (χ2v) is 9.90. The molecule has 0 atom stereocenters. The van der Waals surface area contributed by atoms with Gasteiger partial charge in [0.15, 0.2) is 0 Å². The number of nitrogens with zero attached hydrogens (tertiary/aromatic N) is 3. The van der Waals surface area contributed by atoms with Crippen LogP contribution in [0.25, 0.3) is 4.91 Å². The van der Waals surface area contributed by atoms with Gasteiger partial charge in [0, 0.05) is 37.3 Å². The minimum Gasteiger partial charge on any atom is -0.354 e. The fourth-order valence-corrected chi connectivity index (χ4v) is 5.00. The standard InChI is InChI=1S/C20H27FN4O3S/c1-14-17(15-6-8-16(21)9-7-15)29(27,28)23-18(14)24-10-5-11-25(13-12-24)19(26)22-20(2,3)4/h6-9H,5,10-13H2,1-4H3,(H,22,26). The maximum Gasteiger partial charge on any atom is 0.317 e. The van der Waals surface area contributed by atoms with E-state index >= 15 is 0 Å². The number of halogens is 1. The van der Waals surface area contributed by atoms with Crippen molar-refractivity contribution in [1.29, 1.82) is 0 Å². The second kappa shape index (κ2) is 7.78. The first-order valence-electron chi connectivity index (χ1n) is 9.62. The number of hydrogen-bond acceptors (Lipinski definition) is 4. The van der Waals surface area contributed by atoms with Crippen LogP contribution in [0.5, 0.6) is 0 Å². The first-order chi connectivity index (χ1) is 13.5. The summed E-state index contributed by atoms with van der Waals surface area (Å²) in [6.45, 7) is 9.65. The van der Waals surface area contributed by atoms with Crippen molar-refractivity contribution in [1.82, 2.24) is 15.1 Å². The lowest BCUT2D eigenvalue weighted by Gasteiger charge is -2.28. The van der Waals surface area contributed by atoms with Crippen LogP contribution in [0.2, 0.25) is 0 Å². The molecule has 158 valence electrons. The Bertz CT molecular complexity index is 962. The fourth-order valence-electron chi connectivity index (χ4n) is 3.52. The largest absolute Gasteiger partial charge is 0.354 e. The van der Waals surface area contributed by atoms with Gasteiger partial charge in [-0.05, 0) is 51.8 Å². The molecular weight excluding hydrogens is 395 g/mol. The Kier molecular flexibility index (Phi) is 5.71. The van der Waals surface area contributed by atoms with E-state index < -0.39 is 15.8 Å². The Morgan fingerprint density at radius 1 is 1.10 bits per heavy atom. The quantitative estimate of drug-likeness (QED) is 0.755. The first kappa shape index (κ1) is 21.3. The molecule has 0 unspecified atom stereocenters. The zero-order valence-electron chi connectivity index (χ0n) is 17.2. The highest BCUT2D eigenvalue weighted by molar-refractivity contribution is 8.00. The number of benzene rings is 1. The Labute approximate surface area is 171 Å². The SMILES string of the molecule is CC1=C(c2ccc(F)cc2)S(=O)(=O)N=C1N1CCCN(C(=O)NC(C)(C)C)CC1. The monoisotopic (exact) mass is 422 g/mol. The van der Waals surface area contributed by atoms with Gasteiger partial charge in [0.25, 0.3) is 10.0 Å². The van der Waals surface area contributed by atoms with Gasteiger partial charge in [0.2, 0.25) is 0 Å². The molecule has 0 bridgehead atoms. The predicted octanol–water partition coefficient (Wildman–Crippen LogP) is 2.81. The van der Waals surface area contributed by atoms with Gasteiger partial charge in [0.05, 0.1) is 0 Å². The van der Waals surface area contributed by atoms with Crippen molar-refractivity contribution in [3.63, 3.8) is 0 Å². The zero-order chi connectivity index (χ0) is 21.4. The third-order valence-corrected chi connectivity index (χ3v) is 6.28. The summed E-state index contributed by atoms with van der Waals surface area (Å²) in [4.78, 5) is 16.2. The van der Waals surface area contributed by atoms with Crippen LogP contribution in [0.1, 0.15) is 39.7 Å². The third-order valence-electron chi connectivity index (χ3n) is 4.81. The van der Waals surface area contributed by atoms with Gasteiger partial charge in [0.1, 0.15) is 16.6 Å².